The number of benzene rings is 2. The summed E-state index contributed by atoms with van der Waals surface area (Å²) in [6, 6.07) is 16.5. The first-order chi connectivity index (χ1) is 13.0. The van der Waals surface area contributed by atoms with Gasteiger partial charge in [0, 0.05) is 20.4 Å². The summed E-state index contributed by atoms with van der Waals surface area (Å²) < 4.78 is 6.55. The van der Waals surface area contributed by atoms with Crippen molar-refractivity contribution in [2.75, 3.05) is 5.32 Å². The number of hydrogen-bond donors (Lipinski definition) is 3. The first-order valence-corrected chi connectivity index (χ1v) is 9.63. The number of carbonyl (C=O) groups is 1. The van der Waals surface area contributed by atoms with Crippen LogP contribution in [0.1, 0.15) is 21.7 Å². The molecule has 27 heavy (non-hydrogen) atoms. The Morgan fingerprint density at radius 1 is 1.19 bits per heavy atom. The molecule has 0 aliphatic heterocycles. The number of nitrogens with one attached hydrogen (secondary N) is 2. The minimum atomic E-state index is -0.265. The van der Waals surface area contributed by atoms with Crippen molar-refractivity contribution in [2.24, 2.45) is 0 Å². The lowest BCUT2D eigenvalue weighted by atomic mass is 10.1. The smallest absolute Gasteiger partial charge is 0.257 e. The number of rotatable bonds is 4. The number of amides is 1. The normalized spacial score (nSPS) is 10.5. The summed E-state index contributed by atoms with van der Waals surface area (Å²) in [5.41, 5.74) is 3.12. The summed E-state index contributed by atoms with van der Waals surface area (Å²) in [5, 5.41) is 15.1. The van der Waals surface area contributed by atoms with Gasteiger partial charge in [-0.15, -0.1) is 0 Å². The molecule has 0 spiro atoms. The number of aliphatic hydroxyl groups excluding tert-OH is 1. The Morgan fingerprint density at radius 2 is 2.00 bits per heavy atom. The monoisotopic (exact) mass is 492 g/mol. The Kier molecular flexibility index (Phi) is 6.25. The molecule has 0 aliphatic carbocycles. The van der Waals surface area contributed by atoms with Gasteiger partial charge in [-0.2, -0.15) is 0 Å². The lowest BCUT2D eigenvalue weighted by Gasteiger charge is -2.13. The lowest BCUT2D eigenvalue weighted by Crippen LogP contribution is -2.34. The van der Waals surface area contributed by atoms with Crippen molar-refractivity contribution in [3.8, 4) is 11.3 Å². The van der Waals surface area contributed by atoms with E-state index in [1.165, 1.54) is 0 Å². The van der Waals surface area contributed by atoms with E-state index in [0.29, 0.717) is 17.1 Å². The fourth-order valence-electron chi connectivity index (χ4n) is 2.49. The van der Waals surface area contributed by atoms with Gasteiger partial charge in [0.05, 0.1) is 0 Å². The van der Waals surface area contributed by atoms with Gasteiger partial charge in [0.15, 0.2) is 5.11 Å². The van der Waals surface area contributed by atoms with Crippen molar-refractivity contribution in [3.63, 3.8) is 0 Å². The second-order valence-corrected chi connectivity index (χ2v) is 7.53. The van der Waals surface area contributed by atoms with Gasteiger partial charge in [0.2, 0.25) is 0 Å². The van der Waals surface area contributed by atoms with Gasteiger partial charge in [0.1, 0.15) is 18.1 Å². The van der Waals surface area contributed by atoms with Crippen LogP contribution in [-0.4, -0.2) is 16.1 Å². The summed E-state index contributed by atoms with van der Waals surface area (Å²) in [6.07, 6.45) is 0. The fraction of sp³-hybridized carbons (Fsp3) is 0.100. The number of furan rings is 1. The maximum absolute atomic E-state index is 12.3. The Morgan fingerprint density at radius 3 is 2.70 bits per heavy atom. The van der Waals surface area contributed by atoms with E-state index in [1.807, 2.05) is 37.3 Å². The average Bonchev–Trinajstić information content (AvgIpc) is 3.12. The molecule has 0 aliphatic rings. The molecule has 2 aromatic carbocycles. The SMILES string of the molecule is Cc1ccc(-c2ccc(CO)o2)cc1NC(=S)NC(=O)c1cccc(I)c1. The molecule has 0 saturated heterocycles. The van der Waals surface area contributed by atoms with Gasteiger partial charge in [-0.3, -0.25) is 10.1 Å². The van der Waals surface area contributed by atoms with Crippen LogP contribution in [0.15, 0.2) is 59.0 Å². The number of carbonyl (C=O) groups excluding carboxylic acids is 1. The zero-order valence-electron chi connectivity index (χ0n) is 14.5. The molecule has 0 atom stereocenters. The predicted molar refractivity (Wildman–Crippen MR) is 118 cm³/mol. The van der Waals surface area contributed by atoms with E-state index in [4.69, 9.17) is 21.7 Å². The summed E-state index contributed by atoms with van der Waals surface area (Å²) in [5.74, 6) is 0.884. The standard InChI is InChI=1S/C20H17IN2O3S/c1-12-5-6-13(18-8-7-16(11-24)26-18)10-17(12)22-20(27)23-19(25)14-3-2-4-15(21)9-14/h2-10,24H,11H2,1H3,(H2,22,23,25,27). The molecule has 0 saturated carbocycles. The van der Waals surface area contributed by atoms with Gasteiger partial charge in [-0.25, -0.2) is 0 Å². The average molecular weight is 492 g/mol. The fourth-order valence-corrected chi connectivity index (χ4v) is 3.23. The van der Waals surface area contributed by atoms with Crippen molar-refractivity contribution in [2.45, 2.75) is 13.5 Å². The van der Waals surface area contributed by atoms with Crippen molar-refractivity contribution in [1.29, 1.82) is 0 Å². The molecule has 0 unspecified atom stereocenters. The quantitative estimate of drug-likeness (QED) is 0.370. The van der Waals surface area contributed by atoms with Crippen molar-refractivity contribution >= 4 is 51.5 Å². The van der Waals surface area contributed by atoms with Crippen LogP contribution < -0.4 is 10.6 Å². The third-order valence-corrected chi connectivity index (χ3v) is 4.78. The topological polar surface area (TPSA) is 74.5 Å². The van der Waals surface area contributed by atoms with E-state index in [-0.39, 0.29) is 17.6 Å². The number of hydrogen-bond acceptors (Lipinski definition) is 4. The maximum Gasteiger partial charge on any atom is 0.257 e. The van der Waals surface area contributed by atoms with Crippen LogP contribution >= 0.6 is 34.8 Å². The molecule has 1 amide bonds. The molecule has 138 valence electrons. The zero-order valence-corrected chi connectivity index (χ0v) is 17.4. The summed E-state index contributed by atoms with van der Waals surface area (Å²) in [4.78, 5) is 12.3. The Bertz CT molecular complexity index is 1000. The van der Waals surface area contributed by atoms with E-state index in [1.54, 1.807) is 24.3 Å². The van der Waals surface area contributed by atoms with Crippen LogP contribution in [0.4, 0.5) is 5.69 Å². The molecule has 5 nitrogen and oxygen atoms in total. The van der Waals surface area contributed by atoms with Crippen molar-refractivity contribution in [1.82, 2.24) is 5.32 Å². The molecule has 0 radical (unpaired) electrons. The Labute approximate surface area is 175 Å². The molecule has 3 N–H and O–H groups in total. The summed E-state index contributed by atoms with van der Waals surface area (Å²) in [6.45, 7) is 1.79. The highest BCUT2D eigenvalue weighted by atomic mass is 127. The van der Waals surface area contributed by atoms with Crippen LogP contribution in [0.25, 0.3) is 11.3 Å². The lowest BCUT2D eigenvalue weighted by molar-refractivity contribution is 0.0977. The largest absolute Gasteiger partial charge is 0.459 e. The number of aryl methyl sites for hydroxylation is 1. The van der Waals surface area contributed by atoms with Gasteiger partial charge in [-0.05, 0) is 83.7 Å². The maximum atomic E-state index is 12.3. The van der Waals surface area contributed by atoms with E-state index < -0.39 is 0 Å². The van der Waals surface area contributed by atoms with Crippen LogP contribution in [0.5, 0.6) is 0 Å². The number of anilines is 1. The van der Waals surface area contributed by atoms with Crippen molar-refractivity contribution in [3.05, 3.63) is 75.1 Å². The molecule has 3 aromatic rings. The highest BCUT2D eigenvalue weighted by molar-refractivity contribution is 14.1. The zero-order chi connectivity index (χ0) is 19.4. The predicted octanol–water partition coefficient (Wildman–Crippen LogP) is 4.48. The van der Waals surface area contributed by atoms with Gasteiger partial charge in [0.25, 0.3) is 5.91 Å². The third kappa shape index (κ3) is 4.94. The van der Waals surface area contributed by atoms with Gasteiger partial charge >= 0.3 is 0 Å². The molecule has 3 rings (SSSR count). The van der Waals surface area contributed by atoms with E-state index in [2.05, 4.69) is 33.2 Å². The molecule has 1 aromatic heterocycles. The highest BCUT2D eigenvalue weighted by Crippen LogP contribution is 2.27. The van der Waals surface area contributed by atoms with Gasteiger partial charge < -0.3 is 14.8 Å². The van der Waals surface area contributed by atoms with Crippen LogP contribution in [-0.2, 0) is 6.61 Å². The first kappa shape index (κ1) is 19.5. The molecular formula is C20H17IN2O3S. The highest BCUT2D eigenvalue weighted by Gasteiger charge is 2.11. The number of thiocarbonyl (C=S) groups is 1. The third-order valence-electron chi connectivity index (χ3n) is 3.90. The molecule has 0 bridgehead atoms. The Balaban J connectivity index is 1.73. The van der Waals surface area contributed by atoms with E-state index in [9.17, 15) is 4.79 Å². The molecule has 1 heterocycles. The molecule has 0 fully saturated rings. The van der Waals surface area contributed by atoms with E-state index in [0.717, 1.165) is 20.4 Å². The van der Waals surface area contributed by atoms with Crippen molar-refractivity contribution < 1.29 is 14.3 Å². The number of halogens is 1. The second-order valence-electron chi connectivity index (χ2n) is 5.87. The van der Waals surface area contributed by atoms with Gasteiger partial charge in [-0.1, -0.05) is 18.2 Å². The molecular weight excluding hydrogens is 475 g/mol. The van der Waals surface area contributed by atoms with E-state index >= 15 is 0 Å². The Hall–Kier alpha value is -2.23. The van der Waals surface area contributed by atoms with Crippen LogP contribution in [0.2, 0.25) is 0 Å². The molecule has 7 heteroatoms. The summed E-state index contributed by atoms with van der Waals surface area (Å²) in [7, 11) is 0. The number of aliphatic hydroxyl groups is 1. The second kappa shape index (κ2) is 8.64. The van der Waals surface area contributed by atoms with Crippen LogP contribution in [0, 0.1) is 10.5 Å². The van der Waals surface area contributed by atoms with Crippen LogP contribution in [0.3, 0.4) is 0 Å². The minimum absolute atomic E-state index is 0.147. The first-order valence-electron chi connectivity index (χ1n) is 8.15. The summed E-state index contributed by atoms with van der Waals surface area (Å²) >= 11 is 7.44. The minimum Gasteiger partial charge on any atom is -0.459 e.